The van der Waals surface area contributed by atoms with Crippen LogP contribution in [0.5, 0.6) is 0 Å². The summed E-state index contributed by atoms with van der Waals surface area (Å²) in [5.74, 6) is -1.06. The van der Waals surface area contributed by atoms with Gasteiger partial charge in [0.25, 0.3) is 5.91 Å². The number of likely N-dealkylation sites (tertiary alicyclic amines) is 1. The highest BCUT2D eigenvalue weighted by molar-refractivity contribution is 6.04. The quantitative estimate of drug-likeness (QED) is 0.759. The number of carbonyl (C=O) groups is 2. The average Bonchev–Trinajstić information content (AvgIpc) is 3.29. The molecule has 0 saturated carbocycles. The Balaban J connectivity index is 1.46. The molecule has 2 aromatic heterocycles. The second-order valence-electron chi connectivity index (χ2n) is 6.16. The summed E-state index contributed by atoms with van der Waals surface area (Å²) in [4.78, 5) is 25.5. The highest BCUT2D eigenvalue weighted by atomic mass is 16.4. The number of benzene rings is 1. The van der Waals surface area contributed by atoms with Gasteiger partial charge in [0.15, 0.2) is 5.69 Å². The van der Waals surface area contributed by atoms with Crippen LogP contribution in [0.4, 0.5) is 0 Å². The normalized spacial score (nSPS) is 15.6. The minimum absolute atomic E-state index is 0.0809. The largest absolute Gasteiger partial charge is 0.478 e. The Morgan fingerprint density at radius 3 is 2.68 bits per heavy atom. The average molecular weight is 339 g/mol. The molecular weight excluding hydrogens is 322 g/mol. The predicted octanol–water partition coefficient (Wildman–Crippen LogP) is 1.93. The summed E-state index contributed by atoms with van der Waals surface area (Å²) in [6.07, 6.45) is 4.37. The summed E-state index contributed by atoms with van der Waals surface area (Å²) in [5, 5.41) is 21.0. The third-order valence-corrected chi connectivity index (χ3v) is 4.65. The first-order chi connectivity index (χ1) is 12.1. The van der Waals surface area contributed by atoms with Crippen LogP contribution in [0.3, 0.4) is 0 Å². The van der Waals surface area contributed by atoms with E-state index in [2.05, 4.69) is 15.3 Å². The molecule has 0 bridgehead atoms. The molecule has 0 atom stereocenters. The smallest absolute Gasteiger partial charge is 0.338 e. The lowest BCUT2D eigenvalue weighted by Gasteiger charge is -2.31. The number of hydrogen-bond acceptors (Lipinski definition) is 4. The number of nitrogens with one attached hydrogen (secondary N) is 1. The van der Waals surface area contributed by atoms with Gasteiger partial charge in [-0.1, -0.05) is 18.2 Å². The predicted molar refractivity (Wildman–Crippen MR) is 89.5 cm³/mol. The topological polar surface area (TPSA) is 104 Å². The fourth-order valence-corrected chi connectivity index (χ4v) is 3.26. The molecule has 4 rings (SSSR count). The van der Waals surface area contributed by atoms with Crippen LogP contribution in [-0.2, 0) is 0 Å². The second kappa shape index (κ2) is 6.04. The molecule has 3 aromatic rings. The number of carboxylic acids is 1. The van der Waals surface area contributed by atoms with Crippen LogP contribution in [0.2, 0.25) is 0 Å². The maximum Gasteiger partial charge on any atom is 0.338 e. The van der Waals surface area contributed by atoms with E-state index >= 15 is 0 Å². The lowest BCUT2D eigenvalue weighted by molar-refractivity contribution is 0.0684. The molecule has 0 radical (unpaired) electrons. The molecule has 8 nitrogen and oxygen atoms in total. The minimum Gasteiger partial charge on any atom is -0.478 e. The van der Waals surface area contributed by atoms with Crippen LogP contribution >= 0.6 is 0 Å². The second-order valence-corrected chi connectivity index (χ2v) is 6.16. The summed E-state index contributed by atoms with van der Waals surface area (Å²) in [5.41, 5.74) is 1.47. The highest BCUT2D eigenvalue weighted by Gasteiger charge is 2.27. The standard InChI is InChI=1S/C17H17N5O3/c23-16(15-13-3-1-2-4-14(13)19-20-15)21-7-5-12(6-8-21)22-10-11(9-18-22)17(24)25/h1-4,9-10,12H,5-8H2,(H,19,20)(H,24,25). The van der Waals surface area contributed by atoms with Crippen LogP contribution in [0.25, 0.3) is 10.9 Å². The number of carboxylic acid groups (broad SMARTS) is 1. The Morgan fingerprint density at radius 1 is 1.20 bits per heavy atom. The third kappa shape index (κ3) is 2.75. The number of hydrogen-bond donors (Lipinski definition) is 2. The maximum absolute atomic E-state index is 12.8. The van der Waals surface area contributed by atoms with E-state index in [9.17, 15) is 9.59 Å². The van der Waals surface area contributed by atoms with Crippen molar-refractivity contribution in [2.45, 2.75) is 18.9 Å². The van der Waals surface area contributed by atoms with Gasteiger partial charge < -0.3 is 10.0 Å². The number of aromatic nitrogens is 4. The van der Waals surface area contributed by atoms with Gasteiger partial charge >= 0.3 is 5.97 Å². The van der Waals surface area contributed by atoms with Gasteiger partial charge in [0.1, 0.15) is 0 Å². The van der Waals surface area contributed by atoms with Crippen LogP contribution in [0.1, 0.15) is 39.7 Å². The minimum atomic E-state index is -0.982. The lowest BCUT2D eigenvalue weighted by atomic mass is 10.0. The Kier molecular flexibility index (Phi) is 3.72. The number of nitrogens with zero attached hydrogens (tertiary/aromatic N) is 4. The number of piperidine rings is 1. The molecule has 1 aliphatic heterocycles. The van der Waals surface area contributed by atoms with Gasteiger partial charge in [-0.3, -0.25) is 14.6 Å². The van der Waals surface area contributed by atoms with Crippen LogP contribution in [0.15, 0.2) is 36.7 Å². The van der Waals surface area contributed by atoms with E-state index in [4.69, 9.17) is 5.11 Å². The van der Waals surface area contributed by atoms with Crippen molar-refractivity contribution in [1.29, 1.82) is 0 Å². The highest BCUT2D eigenvalue weighted by Crippen LogP contribution is 2.24. The molecule has 1 aliphatic rings. The molecule has 0 spiro atoms. The van der Waals surface area contributed by atoms with E-state index in [1.807, 2.05) is 24.3 Å². The van der Waals surface area contributed by atoms with Gasteiger partial charge in [0, 0.05) is 24.7 Å². The first-order valence-electron chi connectivity index (χ1n) is 8.13. The van der Waals surface area contributed by atoms with E-state index < -0.39 is 5.97 Å². The molecule has 1 aromatic carbocycles. The molecule has 1 amide bonds. The number of aromatic amines is 1. The molecule has 25 heavy (non-hydrogen) atoms. The number of para-hydroxylation sites is 1. The van der Waals surface area contributed by atoms with E-state index in [1.54, 1.807) is 15.8 Å². The van der Waals surface area contributed by atoms with Crippen molar-refractivity contribution in [3.05, 3.63) is 47.9 Å². The van der Waals surface area contributed by atoms with Gasteiger partial charge in [0.2, 0.25) is 0 Å². The van der Waals surface area contributed by atoms with Crippen molar-refractivity contribution in [2.75, 3.05) is 13.1 Å². The van der Waals surface area contributed by atoms with E-state index in [-0.39, 0.29) is 17.5 Å². The number of carbonyl (C=O) groups excluding carboxylic acids is 1. The van der Waals surface area contributed by atoms with Gasteiger partial charge in [0.05, 0.1) is 23.3 Å². The van der Waals surface area contributed by atoms with Gasteiger partial charge in [-0.15, -0.1) is 0 Å². The van der Waals surface area contributed by atoms with Crippen molar-refractivity contribution >= 4 is 22.8 Å². The molecule has 128 valence electrons. The van der Waals surface area contributed by atoms with Crippen molar-refractivity contribution < 1.29 is 14.7 Å². The molecule has 2 N–H and O–H groups in total. The van der Waals surface area contributed by atoms with Crippen LogP contribution in [0, 0.1) is 0 Å². The number of aromatic carboxylic acids is 1. The third-order valence-electron chi connectivity index (χ3n) is 4.65. The zero-order valence-electron chi connectivity index (χ0n) is 13.4. The summed E-state index contributed by atoms with van der Waals surface area (Å²) in [7, 11) is 0. The molecule has 0 aliphatic carbocycles. The Hall–Kier alpha value is -3.16. The maximum atomic E-state index is 12.8. The Bertz CT molecular complexity index is 937. The first-order valence-corrected chi connectivity index (χ1v) is 8.13. The van der Waals surface area contributed by atoms with E-state index in [1.165, 1.54) is 6.20 Å². The number of H-pyrrole nitrogens is 1. The molecular formula is C17H17N5O3. The zero-order chi connectivity index (χ0) is 17.4. The van der Waals surface area contributed by atoms with Crippen molar-refractivity contribution in [1.82, 2.24) is 24.9 Å². The Morgan fingerprint density at radius 2 is 1.96 bits per heavy atom. The van der Waals surface area contributed by atoms with Crippen molar-refractivity contribution in [3.63, 3.8) is 0 Å². The SMILES string of the molecule is O=C(O)c1cnn(C2CCN(C(=O)c3n[nH]c4ccccc34)CC2)c1. The van der Waals surface area contributed by atoms with Gasteiger partial charge in [-0.2, -0.15) is 10.2 Å². The monoisotopic (exact) mass is 339 g/mol. The van der Waals surface area contributed by atoms with Crippen molar-refractivity contribution in [2.24, 2.45) is 0 Å². The summed E-state index contributed by atoms with van der Waals surface area (Å²) < 4.78 is 1.69. The molecule has 3 heterocycles. The number of rotatable bonds is 3. The van der Waals surface area contributed by atoms with Crippen molar-refractivity contribution in [3.8, 4) is 0 Å². The van der Waals surface area contributed by atoms with E-state index in [0.717, 1.165) is 23.7 Å². The fraction of sp³-hybridized carbons (Fsp3) is 0.294. The van der Waals surface area contributed by atoms with Gasteiger partial charge in [-0.25, -0.2) is 4.79 Å². The van der Waals surface area contributed by atoms with Crippen LogP contribution < -0.4 is 0 Å². The lowest BCUT2D eigenvalue weighted by Crippen LogP contribution is -2.39. The first kappa shape index (κ1) is 15.4. The fourth-order valence-electron chi connectivity index (χ4n) is 3.26. The van der Waals surface area contributed by atoms with Crippen LogP contribution in [-0.4, -0.2) is 55.0 Å². The zero-order valence-corrected chi connectivity index (χ0v) is 13.4. The van der Waals surface area contributed by atoms with E-state index in [0.29, 0.717) is 18.8 Å². The summed E-state index contributed by atoms with van der Waals surface area (Å²) in [6, 6.07) is 7.67. The number of amides is 1. The molecule has 1 saturated heterocycles. The Labute approximate surface area is 143 Å². The molecule has 1 fully saturated rings. The van der Waals surface area contributed by atoms with Gasteiger partial charge in [-0.05, 0) is 18.9 Å². The summed E-state index contributed by atoms with van der Waals surface area (Å²) >= 11 is 0. The number of fused-ring (bicyclic) bond motifs is 1. The summed E-state index contributed by atoms with van der Waals surface area (Å²) in [6.45, 7) is 1.18. The molecule has 0 unspecified atom stereocenters. The molecule has 8 heteroatoms.